The summed E-state index contributed by atoms with van der Waals surface area (Å²) < 4.78 is 7.26. The molecule has 1 N–H and O–H groups in total. The Morgan fingerprint density at radius 3 is 2.56 bits per heavy atom. The zero-order chi connectivity index (χ0) is 17.1. The minimum absolute atomic E-state index is 0.375. The van der Waals surface area contributed by atoms with Crippen LogP contribution in [0, 0.1) is 3.57 Å². The zero-order valence-corrected chi connectivity index (χ0v) is 16.1. The Balaban J connectivity index is 1.50. The molecule has 0 aliphatic heterocycles. The Morgan fingerprint density at radius 1 is 0.960 bits per heavy atom. The molecule has 1 heterocycles. The van der Waals surface area contributed by atoms with Crippen molar-refractivity contribution in [2.24, 2.45) is 0 Å². The first-order valence-corrected chi connectivity index (χ1v) is 9.80. The summed E-state index contributed by atoms with van der Waals surface area (Å²) in [5.74, 6) is 1.77. The lowest BCUT2D eigenvalue weighted by Crippen LogP contribution is -2.19. The van der Waals surface area contributed by atoms with Gasteiger partial charge in [0.15, 0.2) is 0 Å². The van der Waals surface area contributed by atoms with E-state index in [4.69, 9.17) is 4.74 Å². The van der Waals surface area contributed by atoms with Gasteiger partial charge >= 0.3 is 0 Å². The minimum Gasteiger partial charge on any atom is -0.490 e. The molecule has 1 aliphatic rings. The number of rotatable bonds is 4. The van der Waals surface area contributed by atoms with Crippen LogP contribution in [0.5, 0.6) is 5.75 Å². The fourth-order valence-corrected chi connectivity index (χ4v) is 3.75. The van der Waals surface area contributed by atoms with Gasteiger partial charge in [-0.3, -0.25) is 0 Å². The van der Waals surface area contributed by atoms with E-state index in [-0.39, 0.29) is 0 Å². The van der Waals surface area contributed by atoms with Crippen molar-refractivity contribution in [2.45, 2.75) is 38.2 Å². The van der Waals surface area contributed by atoms with Crippen molar-refractivity contribution in [3.63, 3.8) is 0 Å². The fourth-order valence-electron chi connectivity index (χ4n) is 3.26. The summed E-state index contributed by atoms with van der Waals surface area (Å²) in [7, 11) is 0. The van der Waals surface area contributed by atoms with Crippen LogP contribution < -0.4 is 10.1 Å². The van der Waals surface area contributed by atoms with E-state index < -0.39 is 0 Å². The van der Waals surface area contributed by atoms with Gasteiger partial charge in [-0.1, -0.05) is 6.42 Å². The lowest BCUT2D eigenvalue weighted by Gasteiger charge is -2.23. The first-order valence-electron chi connectivity index (χ1n) is 8.72. The number of fused-ring (bicyclic) bond motifs is 1. The van der Waals surface area contributed by atoms with Crippen molar-refractivity contribution in [3.05, 3.63) is 52.4 Å². The molecule has 0 saturated heterocycles. The zero-order valence-electron chi connectivity index (χ0n) is 13.9. The number of benzene rings is 2. The van der Waals surface area contributed by atoms with E-state index in [9.17, 15) is 0 Å². The van der Waals surface area contributed by atoms with E-state index >= 15 is 0 Å². The molecule has 4 rings (SSSR count). The number of nitrogens with zero attached hydrogens (tertiary/aromatic N) is 2. The highest BCUT2D eigenvalue weighted by molar-refractivity contribution is 14.1. The summed E-state index contributed by atoms with van der Waals surface area (Å²) in [5, 5.41) is 4.42. The summed E-state index contributed by atoms with van der Waals surface area (Å²) in [6.07, 6.45) is 8.22. The lowest BCUT2D eigenvalue weighted by molar-refractivity contribution is 0.155. The Kier molecular flexibility index (Phi) is 5.01. The first-order chi connectivity index (χ1) is 12.3. The maximum absolute atomic E-state index is 6.09. The van der Waals surface area contributed by atoms with Crippen LogP contribution in [-0.2, 0) is 0 Å². The second-order valence-corrected chi connectivity index (χ2v) is 7.66. The number of aromatic nitrogens is 2. The second-order valence-electron chi connectivity index (χ2n) is 6.41. The summed E-state index contributed by atoms with van der Waals surface area (Å²) in [4.78, 5) is 8.73. The van der Waals surface area contributed by atoms with Crippen LogP contribution in [0.4, 0.5) is 11.5 Å². The second kappa shape index (κ2) is 7.56. The van der Waals surface area contributed by atoms with Gasteiger partial charge in [0.05, 0.1) is 11.6 Å². The highest BCUT2D eigenvalue weighted by Crippen LogP contribution is 2.27. The number of hydrogen-bond donors (Lipinski definition) is 1. The largest absolute Gasteiger partial charge is 0.490 e. The van der Waals surface area contributed by atoms with Gasteiger partial charge in [0.25, 0.3) is 0 Å². The fraction of sp³-hybridized carbons (Fsp3) is 0.300. The van der Waals surface area contributed by atoms with Crippen LogP contribution in [0.15, 0.2) is 48.8 Å². The van der Waals surface area contributed by atoms with Gasteiger partial charge in [0.1, 0.15) is 17.9 Å². The van der Waals surface area contributed by atoms with Crippen LogP contribution in [0.2, 0.25) is 0 Å². The number of ether oxygens (including phenoxy) is 1. The Labute approximate surface area is 161 Å². The molecule has 0 amide bonds. The normalized spacial score (nSPS) is 15.2. The Hall–Kier alpha value is -1.89. The van der Waals surface area contributed by atoms with Crippen molar-refractivity contribution < 1.29 is 4.74 Å². The van der Waals surface area contributed by atoms with E-state index in [0.717, 1.165) is 28.2 Å². The third-order valence-corrected chi connectivity index (χ3v) is 5.24. The van der Waals surface area contributed by atoms with Crippen LogP contribution in [0.25, 0.3) is 10.9 Å². The van der Waals surface area contributed by atoms with Gasteiger partial charge in [0.2, 0.25) is 0 Å². The van der Waals surface area contributed by atoms with E-state index in [1.807, 2.05) is 30.3 Å². The molecule has 0 radical (unpaired) electrons. The van der Waals surface area contributed by atoms with Crippen LogP contribution >= 0.6 is 22.6 Å². The molecular weight excluding hydrogens is 425 g/mol. The maximum atomic E-state index is 6.09. The van der Waals surface area contributed by atoms with E-state index in [1.54, 1.807) is 6.33 Å². The van der Waals surface area contributed by atoms with Crippen LogP contribution in [-0.4, -0.2) is 16.1 Å². The molecule has 2 aromatic carbocycles. The monoisotopic (exact) mass is 445 g/mol. The van der Waals surface area contributed by atoms with Crippen molar-refractivity contribution in [2.75, 3.05) is 5.32 Å². The molecule has 0 unspecified atom stereocenters. The molecule has 3 aromatic rings. The summed E-state index contributed by atoms with van der Waals surface area (Å²) in [6.45, 7) is 0. The standard InChI is InChI=1S/C20H20IN3O/c21-14-6-11-19-18(12-14)20(23-13-22-19)24-15-7-9-17(10-8-15)25-16-4-2-1-3-5-16/h6-13,16H,1-5H2,(H,22,23,24). The van der Waals surface area contributed by atoms with Crippen LogP contribution in [0.1, 0.15) is 32.1 Å². The molecule has 1 fully saturated rings. The molecule has 0 spiro atoms. The molecule has 25 heavy (non-hydrogen) atoms. The van der Waals surface area contributed by atoms with Gasteiger partial charge < -0.3 is 10.1 Å². The SMILES string of the molecule is Ic1ccc2ncnc(Nc3ccc(OC4CCCCC4)cc3)c2c1. The Bertz CT molecular complexity index is 860. The average molecular weight is 445 g/mol. The predicted molar refractivity (Wildman–Crippen MR) is 109 cm³/mol. The third-order valence-electron chi connectivity index (χ3n) is 4.57. The summed E-state index contributed by atoms with van der Waals surface area (Å²) in [6, 6.07) is 14.3. The molecule has 128 valence electrons. The predicted octanol–water partition coefficient (Wildman–Crippen LogP) is 5.69. The number of hydrogen-bond acceptors (Lipinski definition) is 4. The molecule has 0 bridgehead atoms. The van der Waals surface area contributed by atoms with Gasteiger partial charge in [-0.05, 0) is 90.7 Å². The first kappa shape index (κ1) is 16.6. The van der Waals surface area contributed by atoms with E-state index in [1.165, 1.54) is 35.7 Å². The van der Waals surface area contributed by atoms with Crippen molar-refractivity contribution >= 4 is 45.0 Å². The highest BCUT2D eigenvalue weighted by Gasteiger charge is 2.14. The minimum atomic E-state index is 0.375. The highest BCUT2D eigenvalue weighted by atomic mass is 127. The summed E-state index contributed by atoms with van der Waals surface area (Å²) in [5.41, 5.74) is 1.94. The molecule has 4 nitrogen and oxygen atoms in total. The Morgan fingerprint density at radius 2 is 1.76 bits per heavy atom. The third kappa shape index (κ3) is 4.03. The molecule has 5 heteroatoms. The van der Waals surface area contributed by atoms with Gasteiger partial charge in [-0.2, -0.15) is 0 Å². The van der Waals surface area contributed by atoms with E-state index in [0.29, 0.717) is 6.10 Å². The topological polar surface area (TPSA) is 47.0 Å². The van der Waals surface area contributed by atoms with Gasteiger partial charge in [-0.15, -0.1) is 0 Å². The summed E-state index contributed by atoms with van der Waals surface area (Å²) >= 11 is 2.31. The maximum Gasteiger partial charge on any atom is 0.141 e. The van der Waals surface area contributed by atoms with Gasteiger partial charge in [-0.25, -0.2) is 9.97 Å². The number of nitrogens with one attached hydrogen (secondary N) is 1. The van der Waals surface area contributed by atoms with Crippen molar-refractivity contribution in [1.29, 1.82) is 0 Å². The molecule has 1 saturated carbocycles. The van der Waals surface area contributed by atoms with E-state index in [2.05, 4.69) is 50.0 Å². The molecule has 1 aromatic heterocycles. The van der Waals surface area contributed by atoms with Crippen molar-refractivity contribution in [3.8, 4) is 5.75 Å². The van der Waals surface area contributed by atoms with Crippen LogP contribution in [0.3, 0.4) is 0 Å². The molecule has 0 atom stereocenters. The average Bonchev–Trinajstić information content (AvgIpc) is 2.65. The molecule has 1 aliphatic carbocycles. The lowest BCUT2D eigenvalue weighted by atomic mass is 9.98. The molecular formula is C20H20IN3O. The quantitative estimate of drug-likeness (QED) is 0.525. The number of anilines is 2. The number of halogens is 1. The van der Waals surface area contributed by atoms with Gasteiger partial charge in [0, 0.05) is 14.6 Å². The van der Waals surface area contributed by atoms with Crippen molar-refractivity contribution in [1.82, 2.24) is 9.97 Å². The smallest absolute Gasteiger partial charge is 0.141 e.